The van der Waals surface area contributed by atoms with Crippen LogP contribution in [0.4, 0.5) is 0 Å². The number of carbonyl (C=O) groups excluding carboxylic acids is 1. The Morgan fingerprint density at radius 2 is 1.64 bits per heavy atom. The highest BCUT2D eigenvalue weighted by Gasteiger charge is 2.07. The largest absolute Gasteiger partial charge is 0.268 e. The summed E-state index contributed by atoms with van der Waals surface area (Å²) in [6.45, 7) is 1.93. The quantitative estimate of drug-likeness (QED) is 0.430. The Kier molecular flexibility index (Phi) is 5.49. The van der Waals surface area contributed by atoms with E-state index < -0.39 is 0 Å². The molecule has 3 rings (SSSR count). The predicted octanol–water partition coefficient (Wildman–Crippen LogP) is 4.03. The lowest BCUT2D eigenvalue weighted by Crippen LogP contribution is -2.18. The van der Waals surface area contributed by atoms with Crippen molar-refractivity contribution in [3.8, 4) is 0 Å². The Hall–Kier alpha value is -3.05. The van der Waals surface area contributed by atoms with Crippen LogP contribution in [-0.2, 0) is 4.79 Å². The number of nitrogens with zero attached hydrogens (tertiary/aromatic N) is 2. The highest BCUT2D eigenvalue weighted by Crippen LogP contribution is 2.11. The third-order valence-corrected chi connectivity index (χ3v) is 4.21. The van der Waals surface area contributed by atoms with Crippen molar-refractivity contribution >= 4 is 29.0 Å². The van der Waals surface area contributed by atoms with Crippen LogP contribution in [0.1, 0.15) is 21.8 Å². The lowest BCUT2D eigenvalue weighted by atomic mass is 10.0. The lowest BCUT2D eigenvalue weighted by Gasteiger charge is -2.07. The summed E-state index contributed by atoms with van der Waals surface area (Å²) in [5.74, 6) is -0.296. The number of benzene rings is 2. The number of nitrogens with one attached hydrogen (secondary N) is 1. The molecule has 0 saturated carbocycles. The molecule has 0 unspecified atom stereocenters. The van der Waals surface area contributed by atoms with Gasteiger partial charge in [0, 0.05) is 22.6 Å². The molecule has 0 fully saturated rings. The van der Waals surface area contributed by atoms with Gasteiger partial charge in [0.25, 0.3) is 5.91 Å². The van der Waals surface area contributed by atoms with Gasteiger partial charge in [-0.2, -0.15) is 5.10 Å². The van der Waals surface area contributed by atoms with Crippen LogP contribution >= 0.6 is 11.3 Å². The van der Waals surface area contributed by atoms with Gasteiger partial charge in [-0.05, 0) is 13.0 Å². The fourth-order valence-electron chi connectivity index (χ4n) is 2.25. The second-order valence-electron chi connectivity index (χ2n) is 5.29. The molecule has 1 aromatic heterocycles. The fourth-order valence-corrected chi connectivity index (χ4v) is 2.83. The van der Waals surface area contributed by atoms with Crippen molar-refractivity contribution in [3.05, 3.63) is 93.9 Å². The highest BCUT2D eigenvalue weighted by atomic mass is 32.1. The van der Waals surface area contributed by atoms with Gasteiger partial charge in [-0.25, -0.2) is 10.4 Å². The van der Waals surface area contributed by atoms with Crippen LogP contribution in [-0.4, -0.2) is 16.6 Å². The van der Waals surface area contributed by atoms with Gasteiger partial charge in [-0.3, -0.25) is 4.79 Å². The number of aromatic nitrogens is 1. The third-order valence-electron chi connectivity index (χ3n) is 3.41. The Balaban J connectivity index is 1.79. The van der Waals surface area contributed by atoms with E-state index in [2.05, 4.69) is 15.5 Å². The van der Waals surface area contributed by atoms with Crippen LogP contribution in [0, 0.1) is 6.92 Å². The molecule has 0 spiro atoms. The molecule has 5 heteroatoms. The molecule has 25 heavy (non-hydrogen) atoms. The minimum atomic E-state index is -0.296. The van der Waals surface area contributed by atoms with E-state index in [-0.39, 0.29) is 5.91 Å². The summed E-state index contributed by atoms with van der Waals surface area (Å²) < 4.78 is 0. The molecule has 4 nitrogen and oxygen atoms in total. The average molecular weight is 347 g/mol. The summed E-state index contributed by atoms with van der Waals surface area (Å²) in [6, 6.07) is 19.5. The molecule has 0 saturated heterocycles. The number of hydrogen-bond donors (Lipinski definition) is 1. The van der Waals surface area contributed by atoms with Crippen LogP contribution in [0.2, 0.25) is 0 Å². The topological polar surface area (TPSA) is 54.4 Å². The molecule has 0 bridgehead atoms. The summed E-state index contributed by atoms with van der Waals surface area (Å²) in [7, 11) is 0. The van der Waals surface area contributed by atoms with Crippen LogP contribution in [0.25, 0.3) is 6.08 Å². The molecule has 3 aromatic rings. The van der Waals surface area contributed by atoms with Crippen molar-refractivity contribution in [3.63, 3.8) is 0 Å². The molecule has 1 heterocycles. The Morgan fingerprint density at radius 3 is 2.16 bits per heavy atom. The first-order valence-corrected chi connectivity index (χ1v) is 8.69. The highest BCUT2D eigenvalue weighted by molar-refractivity contribution is 7.09. The first kappa shape index (κ1) is 16.8. The van der Waals surface area contributed by atoms with E-state index in [9.17, 15) is 4.79 Å². The Morgan fingerprint density at radius 1 is 1.04 bits per heavy atom. The van der Waals surface area contributed by atoms with Crippen molar-refractivity contribution in [2.45, 2.75) is 6.92 Å². The van der Waals surface area contributed by atoms with Gasteiger partial charge in [0.1, 0.15) is 0 Å². The molecule has 1 N–H and O–H groups in total. The van der Waals surface area contributed by atoms with Crippen molar-refractivity contribution in [1.82, 2.24) is 10.4 Å². The molecule has 0 aliphatic carbocycles. The number of carbonyl (C=O) groups is 1. The molecular formula is C20H17N3OS. The SMILES string of the molecule is Cc1nc(/C=C\C(=O)NN=C(c2ccccc2)c2ccccc2)cs1. The molecule has 0 radical (unpaired) electrons. The number of amides is 1. The maximum Gasteiger partial charge on any atom is 0.264 e. The zero-order valence-corrected chi connectivity index (χ0v) is 14.5. The summed E-state index contributed by atoms with van der Waals surface area (Å²) in [5.41, 5.74) is 5.96. The van der Waals surface area contributed by atoms with Crippen LogP contribution in [0.3, 0.4) is 0 Å². The average Bonchev–Trinajstić information content (AvgIpc) is 3.07. The van der Waals surface area contributed by atoms with Gasteiger partial charge in [0.05, 0.1) is 16.4 Å². The third kappa shape index (κ3) is 4.71. The Labute approximate surface area is 150 Å². The van der Waals surface area contributed by atoms with E-state index in [1.54, 1.807) is 17.4 Å². The summed E-state index contributed by atoms with van der Waals surface area (Å²) in [4.78, 5) is 16.3. The normalized spacial score (nSPS) is 10.6. The molecule has 2 aromatic carbocycles. The van der Waals surface area contributed by atoms with Gasteiger partial charge in [-0.1, -0.05) is 60.7 Å². The van der Waals surface area contributed by atoms with Gasteiger partial charge < -0.3 is 0 Å². The van der Waals surface area contributed by atoms with E-state index in [0.717, 1.165) is 21.8 Å². The fraction of sp³-hybridized carbons (Fsp3) is 0.0500. The van der Waals surface area contributed by atoms with E-state index in [1.807, 2.05) is 73.0 Å². The number of thiazole rings is 1. The first-order valence-electron chi connectivity index (χ1n) is 7.81. The van der Waals surface area contributed by atoms with Crippen LogP contribution in [0.15, 0.2) is 77.2 Å². The first-order chi connectivity index (χ1) is 12.2. The minimum absolute atomic E-state index is 0.296. The van der Waals surface area contributed by atoms with Gasteiger partial charge >= 0.3 is 0 Å². The van der Waals surface area contributed by atoms with Crippen molar-refractivity contribution in [2.75, 3.05) is 0 Å². The molecule has 0 aliphatic rings. The van der Waals surface area contributed by atoms with Gasteiger partial charge in [-0.15, -0.1) is 11.3 Å². The minimum Gasteiger partial charge on any atom is -0.268 e. The van der Waals surface area contributed by atoms with E-state index in [4.69, 9.17) is 0 Å². The number of hydrazone groups is 1. The molecular weight excluding hydrogens is 330 g/mol. The molecule has 0 atom stereocenters. The Bertz CT molecular complexity index is 857. The monoisotopic (exact) mass is 347 g/mol. The van der Waals surface area contributed by atoms with Crippen molar-refractivity contribution in [1.29, 1.82) is 0 Å². The second-order valence-corrected chi connectivity index (χ2v) is 6.36. The summed E-state index contributed by atoms with van der Waals surface area (Å²) in [6.07, 6.45) is 3.12. The van der Waals surface area contributed by atoms with Crippen LogP contribution < -0.4 is 5.43 Å². The van der Waals surface area contributed by atoms with E-state index in [0.29, 0.717) is 5.71 Å². The zero-order chi connectivity index (χ0) is 17.5. The maximum absolute atomic E-state index is 12.1. The maximum atomic E-state index is 12.1. The van der Waals surface area contributed by atoms with Crippen molar-refractivity contribution < 1.29 is 4.79 Å². The van der Waals surface area contributed by atoms with Crippen LogP contribution in [0.5, 0.6) is 0 Å². The van der Waals surface area contributed by atoms with E-state index in [1.165, 1.54) is 6.08 Å². The molecule has 0 aliphatic heterocycles. The lowest BCUT2D eigenvalue weighted by molar-refractivity contribution is -0.116. The molecule has 124 valence electrons. The zero-order valence-electron chi connectivity index (χ0n) is 13.7. The predicted molar refractivity (Wildman–Crippen MR) is 103 cm³/mol. The second kappa shape index (κ2) is 8.17. The summed E-state index contributed by atoms with van der Waals surface area (Å²) in [5, 5.41) is 7.20. The van der Waals surface area contributed by atoms with Crippen molar-refractivity contribution in [2.24, 2.45) is 5.10 Å². The van der Waals surface area contributed by atoms with E-state index >= 15 is 0 Å². The van der Waals surface area contributed by atoms with Gasteiger partial charge in [0.15, 0.2) is 0 Å². The number of aryl methyl sites for hydroxylation is 1. The standard InChI is InChI=1S/C20H17N3OS/c1-15-21-18(14-25-15)12-13-19(24)22-23-20(16-8-4-2-5-9-16)17-10-6-3-7-11-17/h2-14H,1H3,(H,22,24)/b13-12-. The molecule has 1 amide bonds. The van der Waals surface area contributed by atoms with Gasteiger partial charge in [0.2, 0.25) is 0 Å². The summed E-state index contributed by atoms with van der Waals surface area (Å²) >= 11 is 1.55. The smallest absolute Gasteiger partial charge is 0.264 e. The number of hydrogen-bond acceptors (Lipinski definition) is 4. The number of rotatable bonds is 5.